The van der Waals surface area contributed by atoms with Crippen molar-refractivity contribution in [2.24, 2.45) is 0 Å². The summed E-state index contributed by atoms with van der Waals surface area (Å²) < 4.78 is 11.1. The summed E-state index contributed by atoms with van der Waals surface area (Å²) in [6.07, 6.45) is 4.83. The molecule has 1 rings (SSSR count). The fourth-order valence-corrected chi connectivity index (χ4v) is 2.41. The van der Waals surface area contributed by atoms with Gasteiger partial charge in [-0.25, -0.2) is 0 Å². The Hall–Kier alpha value is -1.43. The molecular weight excluding hydrogens is 250 g/mol. The van der Waals surface area contributed by atoms with Crippen molar-refractivity contribution in [1.82, 2.24) is 10.3 Å². The van der Waals surface area contributed by atoms with Crippen LogP contribution in [0.15, 0.2) is 18.5 Å². The van der Waals surface area contributed by atoms with E-state index in [0.717, 1.165) is 6.54 Å². The van der Waals surface area contributed by atoms with Crippen LogP contribution in [0.25, 0.3) is 0 Å². The number of carbonyl (C=O) groups is 1. The topological polar surface area (TPSA) is 71.1 Å². The molecule has 0 fully saturated rings. The molecule has 0 aromatic carbocycles. The van der Waals surface area contributed by atoms with Gasteiger partial charge in [-0.1, -0.05) is 0 Å². The molecule has 1 aromatic heterocycles. The fraction of sp³-hybridized carbons (Fsp3) is 0.500. The van der Waals surface area contributed by atoms with Crippen LogP contribution in [0.5, 0.6) is 0 Å². The average molecular weight is 269 g/mol. The summed E-state index contributed by atoms with van der Waals surface area (Å²) in [6, 6.07) is 1.55. The van der Waals surface area contributed by atoms with Gasteiger partial charge in [0.25, 0.3) is 5.91 Å². The van der Waals surface area contributed by atoms with Gasteiger partial charge < -0.3 is 10.6 Å². The van der Waals surface area contributed by atoms with Gasteiger partial charge in [-0.3, -0.25) is 14.0 Å². The molecular formula is C12H19N3O2S. The largest absolute Gasteiger partial charge is 0.383 e. The normalized spacial score (nSPS) is 13.7. The molecule has 5 nitrogen and oxygen atoms in total. The molecule has 0 aliphatic rings. The van der Waals surface area contributed by atoms with E-state index in [1.165, 1.54) is 0 Å². The van der Waals surface area contributed by atoms with E-state index in [-0.39, 0.29) is 11.9 Å². The molecule has 0 bridgehead atoms. The molecule has 1 heterocycles. The van der Waals surface area contributed by atoms with Crippen LogP contribution >= 0.6 is 0 Å². The Balaban J connectivity index is 2.74. The van der Waals surface area contributed by atoms with Gasteiger partial charge in [0.05, 0.1) is 17.4 Å². The molecule has 1 aromatic rings. The van der Waals surface area contributed by atoms with E-state index in [9.17, 15) is 9.00 Å². The molecule has 0 saturated carbocycles. The van der Waals surface area contributed by atoms with E-state index in [1.54, 1.807) is 24.7 Å². The number of amides is 1. The van der Waals surface area contributed by atoms with Crippen molar-refractivity contribution in [2.45, 2.75) is 19.9 Å². The van der Waals surface area contributed by atoms with E-state index in [4.69, 9.17) is 0 Å². The van der Waals surface area contributed by atoms with Crippen molar-refractivity contribution in [3.8, 4) is 0 Å². The summed E-state index contributed by atoms with van der Waals surface area (Å²) in [7, 11) is -0.920. The Morgan fingerprint density at radius 1 is 1.56 bits per heavy atom. The number of pyridine rings is 1. The minimum atomic E-state index is -0.920. The number of hydrogen-bond acceptors (Lipinski definition) is 4. The Kier molecular flexibility index (Phi) is 5.77. The highest BCUT2D eigenvalue weighted by atomic mass is 32.2. The molecule has 18 heavy (non-hydrogen) atoms. The van der Waals surface area contributed by atoms with Crippen molar-refractivity contribution in [2.75, 3.05) is 23.9 Å². The highest BCUT2D eigenvalue weighted by molar-refractivity contribution is 7.84. The molecule has 100 valence electrons. The first-order valence-electron chi connectivity index (χ1n) is 5.83. The summed E-state index contributed by atoms with van der Waals surface area (Å²) in [4.78, 5) is 16.0. The van der Waals surface area contributed by atoms with E-state index in [1.807, 2.05) is 13.8 Å². The molecule has 2 N–H and O–H groups in total. The van der Waals surface area contributed by atoms with Gasteiger partial charge in [-0.2, -0.15) is 0 Å². The first kappa shape index (κ1) is 14.6. The van der Waals surface area contributed by atoms with Gasteiger partial charge in [0.1, 0.15) is 0 Å². The standard InChI is InChI=1S/C12H19N3O2S/c1-4-14-11-7-13-6-5-10(11)12(16)15-9(2)8-18(3)17/h5-7,9,14H,4,8H2,1-3H3,(H,15,16). The lowest BCUT2D eigenvalue weighted by molar-refractivity contribution is 0.0944. The highest BCUT2D eigenvalue weighted by Crippen LogP contribution is 2.13. The van der Waals surface area contributed by atoms with Gasteiger partial charge in [-0.05, 0) is 19.9 Å². The van der Waals surface area contributed by atoms with Gasteiger partial charge >= 0.3 is 0 Å². The number of nitrogens with zero attached hydrogens (tertiary/aromatic N) is 1. The lowest BCUT2D eigenvalue weighted by atomic mass is 10.2. The van der Waals surface area contributed by atoms with Crippen LogP contribution in [0, 0.1) is 0 Å². The van der Waals surface area contributed by atoms with Gasteiger partial charge in [0.15, 0.2) is 0 Å². The molecule has 0 aliphatic heterocycles. The Bertz CT molecular complexity index is 437. The summed E-state index contributed by atoms with van der Waals surface area (Å²) in [5.74, 6) is 0.277. The van der Waals surface area contributed by atoms with Crippen LogP contribution in [0.1, 0.15) is 24.2 Å². The Morgan fingerprint density at radius 3 is 2.89 bits per heavy atom. The minimum Gasteiger partial charge on any atom is -0.383 e. The maximum atomic E-state index is 12.1. The van der Waals surface area contributed by atoms with Crippen molar-refractivity contribution in [3.05, 3.63) is 24.0 Å². The highest BCUT2D eigenvalue weighted by Gasteiger charge is 2.14. The van der Waals surface area contributed by atoms with Crippen LogP contribution in [0.2, 0.25) is 0 Å². The predicted octanol–water partition coefficient (Wildman–Crippen LogP) is 1.01. The predicted molar refractivity (Wildman–Crippen MR) is 74.3 cm³/mol. The fourth-order valence-electron chi connectivity index (χ4n) is 1.62. The minimum absolute atomic E-state index is 0.119. The quantitative estimate of drug-likeness (QED) is 0.808. The van der Waals surface area contributed by atoms with Crippen molar-refractivity contribution in [1.29, 1.82) is 0 Å². The van der Waals surface area contributed by atoms with Crippen LogP contribution in [0.4, 0.5) is 5.69 Å². The summed E-state index contributed by atoms with van der Waals surface area (Å²) in [6.45, 7) is 4.52. The summed E-state index contributed by atoms with van der Waals surface area (Å²) >= 11 is 0. The molecule has 0 spiro atoms. The van der Waals surface area contributed by atoms with E-state index >= 15 is 0 Å². The van der Waals surface area contributed by atoms with Crippen molar-refractivity contribution >= 4 is 22.4 Å². The van der Waals surface area contributed by atoms with Gasteiger partial charge in [0, 0.05) is 41.6 Å². The second kappa shape index (κ2) is 7.10. The van der Waals surface area contributed by atoms with Crippen molar-refractivity contribution < 1.29 is 9.00 Å². The number of rotatable bonds is 6. The zero-order chi connectivity index (χ0) is 13.5. The number of hydrogen-bond donors (Lipinski definition) is 2. The third-order valence-corrected chi connectivity index (χ3v) is 3.26. The summed E-state index contributed by atoms with van der Waals surface area (Å²) in [5, 5.41) is 5.91. The SMILES string of the molecule is CCNc1cnccc1C(=O)NC(C)CS(C)=O. The zero-order valence-electron chi connectivity index (χ0n) is 10.9. The lowest BCUT2D eigenvalue weighted by Gasteiger charge is -2.14. The second-order valence-electron chi connectivity index (χ2n) is 4.07. The number of nitrogens with one attached hydrogen (secondary N) is 2. The first-order chi connectivity index (χ1) is 8.54. The van der Waals surface area contributed by atoms with Crippen LogP contribution in [-0.2, 0) is 10.8 Å². The Labute approximate surface area is 110 Å². The van der Waals surface area contributed by atoms with E-state index in [0.29, 0.717) is 17.0 Å². The smallest absolute Gasteiger partial charge is 0.253 e. The number of aromatic nitrogens is 1. The molecule has 2 unspecified atom stereocenters. The van der Waals surface area contributed by atoms with E-state index in [2.05, 4.69) is 15.6 Å². The maximum Gasteiger partial charge on any atom is 0.253 e. The van der Waals surface area contributed by atoms with Crippen molar-refractivity contribution in [3.63, 3.8) is 0 Å². The van der Waals surface area contributed by atoms with Gasteiger partial charge in [-0.15, -0.1) is 0 Å². The molecule has 6 heteroatoms. The van der Waals surface area contributed by atoms with Crippen LogP contribution in [0.3, 0.4) is 0 Å². The van der Waals surface area contributed by atoms with Crippen LogP contribution < -0.4 is 10.6 Å². The Morgan fingerprint density at radius 2 is 2.28 bits per heavy atom. The first-order valence-corrected chi connectivity index (χ1v) is 7.56. The molecule has 2 atom stereocenters. The molecule has 0 radical (unpaired) electrons. The maximum absolute atomic E-state index is 12.1. The number of anilines is 1. The van der Waals surface area contributed by atoms with Crippen LogP contribution in [-0.4, -0.2) is 39.7 Å². The lowest BCUT2D eigenvalue weighted by Crippen LogP contribution is -2.36. The third kappa shape index (κ3) is 4.44. The summed E-state index contributed by atoms with van der Waals surface area (Å²) in [5.41, 5.74) is 1.27. The monoisotopic (exact) mass is 269 g/mol. The second-order valence-corrected chi connectivity index (χ2v) is 5.55. The van der Waals surface area contributed by atoms with Gasteiger partial charge in [0.2, 0.25) is 0 Å². The zero-order valence-corrected chi connectivity index (χ0v) is 11.7. The number of carbonyl (C=O) groups excluding carboxylic acids is 1. The molecule has 1 amide bonds. The molecule has 0 saturated heterocycles. The third-order valence-electron chi connectivity index (χ3n) is 2.30. The molecule has 0 aliphatic carbocycles. The van der Waals surface area contributed by atoms with E-state index < -0.39 is 10.8 Å². The average Bonchev–Trinajstić information content (AvgIpc) is 2.28.